The van der Waals surface area contributed by atoms with E-state index in [0.717, 1.165) is 17.2 Å². The summed E-state index contributed by atoms with van der Waals surface area (Å²) in [4.78, 5) is 9.08. The van der Waals surface area contributed by atoms with E-state index in [9.17, 15) is 0 Å². The molecule has 4 nitrogen and oxygen atoms in total. The van der Waals surface area contributed by atoms with Crippen molar-refractivity contribution >= 4 is 17.5 Å². The summed E-state index contributed by atoms with van der Waals surface area (Å²) in [5, 5.41) is 6.72. The maximum absolute atomic E-state index is 4.60. The van der Waals surface area contributed by atoms with Crippen LogP contribution < -0.4 is 10.6 Å². The second kappa shape index (κ2) is 7.34. The summed E-state index contributed by atoms with van der Waals surface area (Å²) in [7, 11) is 0. The average Bonchev–Trinajstić information content (AvgIpc) is 2.57. The molecule has 0 radical (unpaired) electrons. The Kier molecular flexibility index (Phi) is 4.98. The highest BCUT2D eigenvalue weighted by Gasteiger charge is 2.05. The normalized spacial score (nSPS) is 10.6. The van der Waals surface area contributed by atoms with E-state index in [0.29, 0.717) is 12.5 Å². The van der Waals surface area contributed by atoms with Crippen LogP contribution in [0.5, 0.6) is 0 Å². The van der Waals surface area contributed by atoms with Gasteiger partial charge in [-0.1, -0.05) is 42.0 Å². The molecule has 1 aromatic heterocycles. The van der Waals surface area contributed by atoms with E-state index < -0.39 is 0 Å². The molecular formula is C21H24N4. The fourth-order valence-corrected chi connectivity index (χ4v) is 2.61. The zero-order valence-corrected chi connectivity index (χ0v) is 15.2. The summed E-state index contributed by atoms with van der Waals surface area (Å²) < 4.78 is 0. The van der Waals surface area contributed by atoms with E-state index in [1.54, 1.807) is 0 Å². The van der Waals surface area contributed by atoms with Gasteiger partial charge in [-0.05, 0) is 50.5 Å². The van der Waals surface area contributed by atoms with Crippen molar-refractivity contribution in [2.75, 3.05) is 10.6 Å². The maximum atomic E-state index is 4.60. The first-order valence-electron chi connectivity index (χ1n) is 8.49. The number of aromatic nitrogens is 2. The zero-order valence-electron chi connectivity index (χ0n) is 15.2. The highest BCUT2D eigenvalue weighted by atomic mass is 15.1. The van der Waals surface area contributed by atoms with Crippen molar-refractivity contribution < 1.29 is 0 Å². The summed E-state index contributed by atoms with van der Waals surface area (Å²) in [6.45, 7) is 8.95. The third-order valence-corrected chi connectivity index (χ3v) is 4.08. The van der Waals surface area contributed by atoms with Crippen molar-refractivity contribution in [3.63, 3.8) is 0 Å². The first-order valence-corrected chi connectivity index (χ1v) is 8.49. The standard InChI is InChI=1S/C21H24N4/c1-14-6-9-18(10-7-14)13-22-21-23-17(4)12-20(25-21)24-19-11-15(2)5-8-16(19)3/h5-12H,13H2,1-4H3,(H2,22,23,24,25). The molecular weight excluding hydrogens is 308 g/mol. The smallest absolute Gasteiger partial charge is 0.225 e. The van der Waals surface area contributed by atoms with Crippen LogP contribution in [-0.2, 0) is 6.54 Å². The Labute approximate surface area is 149 Å². The van der Waals surface area contributed by atoms with Crippen LogP contribution in [0.3, 0.4) is 0 Å². The van der Waals surface area contributed by atoms with Crippen LogP contribution in [0.1, 0.15) is 27.9 Å². The van der Waals surface area contributed by atoms with Crippen LogP contribution in [0.2, 0.25) is 0 Å². The van der Waals surface area contributed by atoms with E-state index in [1.165, 1.54) is 22.3 Å². The Morgan fingerprint density at radius 2 is 1.52 bits per heavy atom. The number of nitrogens with zero attached hydrogens (tertiary/aromatic N) is 2. The fourth-order valence-electron chi connectivity index (χ4n) is 2.61. The van der Waals surface area contributed by atoms with Crippen molar-refractivity contribution in [1.82, 2.24) is 9.97 Å². The van der Waals surface area contributed by atoms with Gasteiger partial charge < -0.3 is 10.6 Å². The summed E-state index contributed by atoms with van der Waals surface area (Å²) in [6.07, 6.45) is 0. The molecule has 0 aliphatic heterocycles. The number of rotatable bonds is 5. The van der Waals surface area contributed by atoms with Gasteiger partial charge in [0.2, 0.25) is 5.95 Å². The molecule has 0 aliphatic rings. The van der Waals surface area contributed by atoms with E-state index in [1.807, 2.05) is 13.0 Å². The van der Waals surface area contributed by atoms with Gasteiger partial charge in [-0.25, -0.2) is 4.98 Å². The molecule has 4 heteroatoms. The Hall–Kier alpha value is -2.88. The van der Waals surface area contributed by atoms with Crippen molar-refractivity contribution in [1.29, 1.82) is 0 Å². The first-order chi connectivity index (χ1) is 12.0. The van der Waals surface area contributed by atoms with E-state index in [4.69, 9.17) is 0 Å². The molecule has 0 saturated heterocycles. The topological polar surface area (TPSA) is 49.8 Å². The number of anilines is 3. The molecule has 2 aromatic carbocycles. The van der Waals surface area contributed by atoms with Gasteiger partial charge in [0.05, 0.1) is 0 Å². The Balaban J connectivity index is 1.75. The van der Waals surface area contributed by atoms with Gasteiger partial charge >= 0.3 is 0 Å². The number of nitrogens with one attached hydrogen (secondary N) is 2. The monoisotopic (exact) mass is 332 g/mol. The minimum Gasteiger partial charge on any atom is -0.350 e. The van der Waals surface area contributed by atoms with Gasteiger partial charge in [0, 0.05) is 24.0 Å². The van der Waals surface area contributed by atoms with Crippen molar-refractivity contribution in [3.8, 4) is 0 Å². The molecule has 3 rings (SSSR count). The summed E-state index contributed by atoms with van der Waals surface area (Å²) in [5.41, 5.74) is 6.87. The van der Waals surface area contributed by atoms with Gasteiger partial charge in [0.1, 0.15) is 5.82 Å². The van der Waals surface area contributed by atoms with Crippen LogP contribution in [0.15, 0.2) is 48.5 Å². The van der Waals surface area contributed by atoms with E-state index in [2.05, 4.69) is 83.8 Å². The van der Waals surface area contributed by atoms with Gasteiger partial charge in [0.15, 0.2) is 0 Å². The third-order valence-electron chi connectivity index (χ3n) is 4.08. The zero-order chi connectivity index (χ0) is 17.8. The SMILES string of the molecule is Cc1ccc(CNc2nc(C)cc(Nc3cc(C)ccc3C)n2)cc1. The molecule has 0 atom stereocenters. The molecule has 3 aromatic rings. The summed E-state index contributed by atoms with van der Waals surface area (Å²) in [5.74, 6) is 1.43. The minimum absolute atomic E-state index is 0.633. The second-order valence-electron chi connectivity index (χ2n) is 6.50. The molecule has 25 heavy (non-hydrogen) atoms. The molecule has 128 valence electrons. The molecule has 0 spiro atoms. The lowest BCUT2D eigenvalue weighted by molar-refractivity contribution is 1.03. The van der Waals surface area contributed by atoms with Crippen molar-refractivity contribution in [2.24, 2.45) is 0 Å². The highest BCUT2D eigenvalue weighted by Crippen LogP contribution is 2.22. The Bertz CT molecular complexity index is 870. The molecule has 0 aliphatic carbocycles. The van der Waals surface area contributed by atoms with E-state index in [-0.39, 0.29) is 0 Å². The maximum Gasteiger partial charge on any atom is 0.225 e. The number of hydrogen-bond donors (Lipinski definition) is 2. The summed E-state index contributed by atoms with van der Waals surface area (Å²) >= 11 is 0. The highest BCUT2D eigenvalue weighted by molar-refractivity contribution is 5.62. The predicted octanol–water partition coefficient (Wildman–Crippen LogP) is 5.07. The minimum atomic E-state index is 0.633. The van der Waals surface area contributed by atoms with Gasteiger partial charge in [0.25, 0.3) is 0 Å². The van der Waals surface area contributed by atoms with Crippen LogP contribution in [-0.4, -0.2) is 9.97 Å². The van der Waals surface area contributed by atoms with Crippen LogP contribution >= 0.6 is 0 Å². The van der Waals surface area contributed by atoms with Crippen molar-refractivity contribution in [3.05, 3.63) is 76.5 Å². The first kappa shape index (κ1) is 17.0. The van der Waals surface area contributed by atoms with Crippen molar-refractivity contribution in [2.45, 2.75) is 34.2 Å². The van der Waals surface area contributed by atoms with Gasteiger partial charge in [-0.3, -0.25) is 0 Å². The molecule has 1 heterocycles. The quantitative estimate of drug-likeness (QED) is 0.685. The number of hydrogen-bond acceptors (Lipinski definition) is 4. The van der Waals surface area contributed by atoms with Gasteiger partial charge in [-0.15, -0.1) is 0 Å². The number of aryl methyl sites for hydroxylation is 4. The van der Waals surface area contributed by atoms with Crippen LogP contribution in [0, 0.1) is 27.7 Å². The van der Waals surface area contributed by atoms with Gasteiger partial charge in [-0.2, -0.15) is 4.98 Å². The lowest BCUT2D eigenvalue weighted by Crippen LogP contribution is -2.06. The van der Waals surface area contributed by atoms with E-state index >= 15 is 0 Å². The Morgan fingerprint density at radius 3 is 2.28 bits per heavy atom. The summed E-state index contributed by atoms with van der Waals surface area (Å²) in [6, 6.07) is 16.8. The largest absolute Gasteiger partial charge is 0.350 e. The molecule has 0 bridgehead atoms. The Morgan fingerprint density at radius 1 is 0.800 bits per heavy atom. The third kappa shape index (κ3) is 4.57. The second-order valence-corrected chi connectivity index (χ2v) is 6.50. The molecule has 0 fully saturated rings. The lowest BCUT2D eigenvalue weighted by atomic mass is 10.1. The molecule has 0 amide bonds. The van der Waals surface area contributed by atoms with Crippen LogP contribution in [0.25, 0.3) is 0 Å². The number of benzene rings is 2. The molecule has 0 saturated carbocycles. The molecule has 0 unspecified atom stereocenters. The lowest BCUT2D eigenvalue weighted by Gasteiger charge is -2.12. The average molecular weight is 332 g/mol. The van der Waals surface area contributed by atoms with Crippen LogP contribution in [0.4, 0.5) is 17.5 Å². The molecule has 2 N–H and O–H groups in total. The fraction of sp³-hybridized carbons (Fsp3) is 0.238. The predicted molar refractivity (Wildman–Crippen MR) is 104 cm³/mol.